The average molecular weight is 431 g/mol. The van der Waals surface area contributed by atoms with Gasteiger partial charge in [0.2, 0.25) is 0 Å². The van der Waals surface area contributed by atoms with Gasteiger partial charge in [-0.1, -0.05) is 60.1 Å². The number of aliphatic carboxylic acids is 1. The van der Waals surface area contributed by atoms with Crippen LogP contribution in [0.1, 0.15) is 28.8 Å². The minimum absolute atomic E-state index is 0.275. The number of halogens is 1. The van der Waals surface area contributed by atoms with Gasteiger partial charge in [-0.25, -0.2) is 4.79 Å². The third-order valence-electron chi connectivity index (χ3n) is 5.56. The van der Waals surface area contributed by atoms with E-state index in [2.05, 4.69) is 6.07 Å². The fourth-order valence-electron chi connectivity index (χ4n) is 4.05. The lowest BCUT2D eigenvalue weighted by molar-refractivity contribution is -0.141. The van der Waals surface area contributed by atoms with Crippen molar-refractivity contribution in [1.29, 1.82) is 5.26 Å². The summed E-state index contributed by atoms with van der Waals surface area (Å²) in [6.07, 6.45) is 1.03. The van der Waals surface area contributed by atoms with Crippen molar-refractivity contribution >= 4 is 23.5 Å². The third kappa shape index (κ3) is 3.90. The van der Waals surface area contributed by atoms with E-state index in [0.717, 1.165) is 5.56 Å². The maximum absolute atomic E-state index is 13.5. The molecule has 0 bridgehead atoms. The molecule has 1 unspecified atom stereocenters. The second-order valence-electron chi connectivity index (χ2n) is 7.40. The van der Waals surface area contributed by atoms with Gasteiger partial charge in [0.15, 0.2) is 0 Å². The average Bonchev–Trinajstić information content (AvgIpc) is 3.29. The second kappa shape index (κ2) is 8.63. The fraction of sp³-hybridized carbons (Fsp3) is 0.160. The van der Waals surface area contributed by atoms with Gasteiger partial charge >= 0.3 is 5.97 Å². The lowest BCUT2D eigenvalue weighted by Crippen LogP contribution is -2.40. The van der Waals surface area contributed by atoms with E-state index in [1.807, 2.05) is 42.5 Å². The highest BCUT2D eigenvalue weighted by Crippen LogP contribution is 2.37. The Morgan fingerprint density at radius 1 is 1.00 bits per heavy atom. The van der Waals surface area contributed by atoms with E-state index in [1.165, 1.54) is 4.90 Å². The number of benzene rings is 3. The molecule has 0 spiro atoms. The molecule has 3 aromatic carbocycles. The van der Waals surface area contributed by atoms with Gasteiger partial charge in [0.05, 0.1) is 11.6 Å². The molecule has 31 heavy (non-hydrogen) atoms. The van der Waals surface area contributed by atoms with Crippen LogP contribution in [0.5, 0.6) is 0 Å². The van der Waals surface area contributed by atoms with Gasteiger partial charge in [-0.15, -0.1) is 0 Å². The van der Waals surface area contributed by atoms with E-state index < -0.39 is 17.9 Å². The standard InChI is InChI=1S/C25H19ClN2O3/c26-22-10-5-4-9-18(22)20-14-19(16-7-2-1-3-8-16)17(15-27)13-21(20)24(29)28-12-6-11-23(28)25(30)31/h1-5,7-10,13-14,23H,6,11-12H2,(H,30,31). The fourth-order valence-corrected chi connectivity index (χ4v) is 4.29. The Morgan fingerprint density at radius 2 is 1.71 bits per heavy atom. The Labute approximate surface area is 185 Å². The smallest absolute Gasteiger partial charge is 0.326 e. The molecular weight excluding hydrogens is 412 g/mol. The summed E-state index contributed by atoms with van der Waals surface area (Å²) in [6, 6.07) is 21.3. The molecule has 0 saturated carbocycles. The number of amides is 1. The van der Waals surface area contributed by atoms with Crippen LogP contribution in [0.2, 0.25) is 5.02 Å². The molecule has 1 aliphatic heterocycles. The molecule has 0 aromatic heterocycles. The number of hydrogen-bond donors (Lipinski definition) is 1. The zero-order chi connectivity index (χ0) is 22.0. The zero-order valence-corrected chi connectivity index (χ0v) is 17.3. The highest BCUT2D eigenvalue weighted by atomic mass is 35.5. The number of nitriles is 1. The van der Waals surface area contributed by atoms with Crippen LogP contribution in [0.4, 0.5) is 0 Å². The molecule has 154 valence electrons. The number of carboxylic acids is 1. The van der Waals surface area contributed by atoms with E-state index in [1.54, 1.807) is 24.3 Å². The Kier molecular flexibility index (Phi) is 5.75. The molecule has 3 aromatic rings. The molecule has 5 nitrogen and oxygen atoms in total. The van der Waals surface area contributed by atoms with Gasteiger partial charge in [0, 0.05) is 28.3 Å². The van der Waals surface area contributed by atoms with Crippen molar-refractivity contribution in [3.8, 4) is 28.3 Å². The Bertz CT molecular complexity index is 1200. The van der Waals surface area contributed by atoms with Crippen molar-refractivity contribution in [3.05, 3.63) is 82.9 Å². The number of carbonyl (C=O) groups excluding carboxylic acids is 1. The number of nitrogens with zero attached hydrogens (tertiary/aromatic N) is 2. The van der Waals surface area contributed by atoms with Gasteiger partial charge in [-0.2, -0.15) is 5.26 Å². The minimum atomic E-state index is -1.02. The molecule has 1 fully saturated rings. The second-order valence-corrected chi connectivity index (χ2v) is 7.80. The van der Waals surface area contributed by atoms with E-state index in [9.17, 15) is 20.0 Å². The van der Waals surface area contributed by atoms with Crippen LogP contribution in [0.15, 0.2) is 66.7 Å². The minimum Gasteiger partial charge on any atom is -0.480 e. The summed E-state index contributed by atoms with van der Waals surface area (Å²) < 4.78 is 0. The monoisotopic (exact) mass is 430 g/mol. The summed E-state index contributed by atoms with van der Waals surface area (Å²) in [5.41, 5.74) is 3.38. The molecule has 1 saturated heterocycles. The molecule has 1 aliphatic rings. The van der Waals surface area contributed by atoms with E-state index >= 15 is 0 Å². The number of likely N-dealkylation sites (tertiary alicyclic amines) is 1. The van der Waals surface area contributed by atoms with E-state index in [-0.39, 0.29) is 5.56 Å². The lowest BCUT2D eigenvalue weighted by Gasteiger charge is -2.24. The predicted octanol–water partition coefficient (Wildman–Crippen LogP) is 5.23. The summed E-state index contributed by atoms with van der Waals surface area (Å²) in [6.45, 7) is 0.361. The third-order valence-corrected chi connectivity index (χ3v) is 5.89. The highest BCUT2D eigenvalue weighted by Gasteiger charge is 2.35. The van der Waals surface area contributed by atoms with Crippen LogP contribution < -0.4 is 0 Å². The number of hydrogen-bond acceptors (Lipinski definition) is 3. The van der Waals surface area contributed by atoms with E-state index in [0.29, 0.717) is 46.7 Å². The molecule has 1 atom stereocenters. The highest BCUT2D eigenvalue weighted by molar-refractivity contribution is 6.33. The lowest BCUT2D eigenvalue weighted by atomic mass is 9.90. The van der Waals surface area contributed by atoms with Crippen molar-refractivity contribution in [2.24, 2.45) is 0 Å². The first-order valence-corrected chi connectivity index (χ1v) is 10.3. The Hall–Kier alpha value is -3.62. The maximum atomic E-state index is 13.5. The molecule has 6 heteroatoms. The van der Waals surface area contributed by atoms with Gasteiger partial charge < -0.3 is 10.0 Å². The van der Waals surface area contributed by atoms with Gasteiger partial charge in [0.1, 0.15) is 6.04 Å². The number of carbonyl (C=O) groups is 2. The molecule has 1 N–H and O–H groups in total. The Balaban J connectivity index is 1.94. The summed E-state index contributed by atoms with van der Waals surface area (Å²) in [5.74, 6) is -1.43. The molecule has 1 amide bonds. The van der Waals surface area contributed by atoms with Crippen molar-refractivity contribution < 1.29 is 14.7 Å². The van der Waals surface area contributed by atoms with Gasteiger partial charge in [-0.3, -0.25) is 4.79 Å². The van der Waals surface area contributed by atoms with Crippen LogP contribution >= 0.6 is 11.6 Å². The van der Waals surface area contributed by atoms with Crippen molar-refractivity contribution in [1.82, 2.24) is 4.90 Å². The first-order chi connectivity index (χ1) is 15.0. The van der Waals surface area contributed by atoms with Gasteiger partial charge in [0.25, 0.3) is 5.91 Å². The van der Waals surface area contributed by atoms with Crippen LogP contribution in [-0.2, 0) is 4.79 Å². The first-order valence-electron chi connectivity index (χ1n) is 9.93. The molecule has 0 radical (unpaired) electrons. The van der Waals surface area contributed by atoms with Crippen molar-refractivity contribution in [2.75, 3.05) is 6.54 Å². The zero-order valence-electron chi connectivity index (χ0n) is 16.6. The molecule has 1 heterocycles. The van der Waals surface area contributed by atoms with Crippen molar-refractivity contribution in [3.63, 3.8) is 0 Å². The van der Waals surface area contributed by atoms with Crippen LogP contribution in [0.3, 0.4) is 0 Å². The maximum Gasteiger partial charge on any atom is 0.326 e. The van der Waals surface area contributed by atoms with Gasteiger partial charge in [-0.05, 0) is 42.2 Å². The quantitative estimate of drug-likeness (QED) is 0.614. The number of carboxylic acid groups (broad SMARTS) is 1. The first kappa shape index (κ1) is 20.6. The van der Waals surface area contributed by atoms with E-state index in [4.69, 9.17) is 11.6 Å². The van der Waals surface area contributed by atoms with Crippen LogP contribution in [0, 0.1) is 11.3 Å². The Morgan fingerprint density at radius 3 is 2.39 bits per heavy atom. The summed E-state index contributed by atoms with van der Waals surface area (Å²) in [7, 11) is 0. The summed E-state index contributed by atoms with van der Waals surface area (Å²) >= 11 is 6.46. The molecule has 0 aliphatic carbocycles. The normalized spacial score (nSPS) is 15.5. The predicted molar refractivity (Wildman–Crippen MR) is 119 cm³/mol. The summed E-state index contributed by atoms with van der Waals surface area (Å²) in [4.78, 5) is 26.5. The van der Waals surface area contributed by atoms with Crippen LogP contribution in [0.25, 0.3) is 22.3 Å². The molecular formula is C25H19ClN2O3. The topological polar surface area (TPSA) is 81.4 Å². The summed E-state index contributed by atoms with van der Waals surface area (Å²) in [5, 5.41) is 19.8. The van der Waals surface area contributed by atoms with Crippen LogP contribution in [-0.4, -0.2) is 34.5 Å². The largest absolute Gasteiger partial charge is 0.480 e. The van der Waals surface area contributed by atoms with Crippen molar-refractivity contribution in [2.45, 2.75) is 18.9 Å². The SMILES string of the molecule is N#Cc1cc(C(=O)N2CCCC2C(=O)O)c(-c2ccccc2Cl)cc1-c1ccccc1. The number of rotatable bonds is 4. The molecule has 4 rings (SSSR count).